The van der Waals surface area contributed by atoms with Gasteiger partial charge in [0.1, 0.15) is 12.2 Å². The number of ether oxygens (including phenoxy) is 1. The van der Waals surface area contributed by atoms with Crippen LogP contribution in [0, 0.1) is 6.92 Å². The first-order valence-electron chi connectivity index (χ1n) is 7.73. The molecule has 0 spiro atoms. The molecule has 2 rings (SSSR count). The molecule has 1 atom stereocenters. The molecule has 7 nitrogen and oxygen atoms in total. The van der Waals surface area contributed by atoms with Crippen molar-refractivity contribution in [1.82, 2.24) is 4.90 Å². The molecule has 1 aromatic rings. The number of halogens is 1. The second-order valence-electron chi connectivity index (χ2n) is 6.09. The summed E-state index contributed by atoms with van der Waals surface area (Å²) < 4.78 is 28.2. The molecule has 0 radical (unpaired) electrons. The summed E-state index contributed by atoms with van der Waals surface area (Å²) in [5.41, 5.74) is 1.19. The van der Waals surface area contributed by atoms with Gasteiger partial charge in [-0.15, -0.1) is 0 Å². The maximum Gasteiger partial charge on any atom is 0.233 e. The Kier molecular flexibility index (Phi) is 5.95. The van der Waals surface area contributed by atoms with Crippen LogP contribution in [0.15, 0.2) is 12.1 Å². The van der Waals surface area contributed by atoms with Crippen LogP contribution >= 0.6 is 11.6 Å². The van der Waals surface area contributed by atoms with E-state index in [1.807, 2.05) is 0 Å². The van der Waals surface area contributed by atoms with E-state index >= 15 is 0 Å². The summed E-state index contributed by atoms with van der Waals surface area (Å²) in [5.74, 6) is -0.516. The number of aryl methyl sites for hydroxylation is 1. The lowest BCUT2D eigenvalue weighted by Gasteiger charge is -2.23. The Morgan fingerprint density at radius 2 is 2.08 bits per heavy atom. The number of nitrogens with zero attached hydrogens (tertiary/aromatic N) is 1. The van der Waals surface area contributed by atoms with Gasteiger partial charge >= 0.3 is 0 Å². The third-order valence-electron chi connectivity index (χ3n) is 4.22. The van der Waals surface area contributed by atoms with E-state index in [1.165, 1.54) is 19.1 Å². The second-order valence-corrected chi connectivity index (χ2v) is 8.72. The van der Waals surface area contributed by atoms with Crippen LogP contribution in [-0.4, -0.2) is 56.8 Å². The van der Waals surface area contributed by atoms with Gasteiger partial charge in [-0.3, -0.25) is 9.59 Å². The highest BCUT2D eigenvalue weighted by atomic mass is 35.5. The lowest BCUT2D eigenvalue weighted by Crippen LogP contribution is -2.39. The molecule has 1 unspecified atom stereocenters. The first kappa shape index (κ1) is 19.5. The first-order chi connectivity index (χ1) is 11.6. The standard InChI is InChI=1S/C16H21ClN2O5S/c1-10-6-13(14(24-3)7-12(10)17)18-15(20)8-16(21)19(2)11-4-5-25(22,23)9-11/h6-7,11H,4-5,8-9H2,1-3H3,(H,18,20). The van der Waals surface area contributed by atoms with Crippen molar-refractivity contribution in [2.75, 3.05) is 31.0 Å². The molecule has 0 saturated carbocycles. The molecule has 1 saturated heterocycles. The van der Waals surface area contributed by atoms with Gasteiger partial charge in [-0.1, -0.05) is 11.6 Å². The van der Waals surface area contributed by atoms with Gasteiger partial charge < -0.3 is 15.0 Å². The quantitative estimate of drug-likeness (QED) is 0.774. The zero-order chi connectivity index (χ0) is 18.8. The molecule has 1 fully saturated rings. The van der Waals surface area contributed by atoms with Crippen LogP contribution < -0.4 is 10.1 Å². The summed E-state index contributed by atoms with van der Waals surface area (Å²) in [7, 11) is -0.116. The van der Waals surface area contributed by atoms with Crippen LogP contribution in [0.25, 0.3) is 0 Å². The molecule has 0 aliphatic carbocycles. The molecule has 138 valence electrons. The number of nitrogens with one attached hydrogen (secondary N) is 1. The van der Waals surface area contributed by atoms with E-state index in [0.29, 0.717) is 22.9 Å². The fourth-order valence-corrected chi connectivity index (χ4v) is 4.60. The van der Waals surface area contributed by atoms with Gasteiger partial charge in [0.2, 0.25) is 11.8 Å². The fraction of sp³-hybridized carbons (Fsp3) is 0.500. The second kappa shape index (κ2) is 7.61. The third kappa shape index (κ3) is 4.85. The minimum atomic E-state index is -3.09. The van der Waals surface area contributed by atoms with E-state index in [4.69, 9.17) is 16.3 Å². The lowest BCUT2D eigenvalue weighted by atomic mass is 10.2. The van der Waals surface area contributed by atoms with Crippen molar-refractivity contribution >= 4 is 38.9 Å². The SMILES string of the molecule is COc1cc(Cl)c(C)cc1NC(=O)CC(=O)N(C)C1CCS(=O)(=O)C1. The topological polar surface area (TPSA) is 92.8 Å². The lowest BCUT2D eigenvalue weighted by molar-refractivity contribution is -0.134. The average molecular weight is 389 g/mol. The van der Waals surface area contributed by atoms with Gasteiger partial charge in [0, 0.05) is 24.2 Å². The monoisotopic (exact) mass is 388 g/mol. The maximum atomic E-state index is 12.2. The van der Waals surface area contributed by atoms with E-state index in [0.717, 1.165) is 5.56 Å². The zero-order valence-corrected chi connectivity index (χ0v) is 15.9. The number of hydrogen-bond donors (Lipinski definition) is 1. The van der Waals surface area contributed by atoms with Crippen LogP contribution in [0.4, 0.5) is 5.69 Å². The molecular formula is C16H21ClN2O5S. The van der Waals surface area contributed by atoms with Crippen LogP contribution in [0.5, 0.6) is 5.75 Å². The number of benzene rings is 1. The Morgan fingerprint density at radius 1 is 1.40 bits per heavy atom. The summed E-state index contributed by atoms with van der Waals surface area (Å²) >= 11 is 6.02. The number of rotatable bonds is 5. The summed E-state index contributed by atoms with van der Waals surface area (Å²) in [6, 6.07) is 2.87. The maximum absolute atomic E-state index is 12.2. The third-order valence-corrected chi connectivity index (χ3v) is 6.37. The highest BCUT2D eigenvalue weighted by molar-refractivity contribution is 7.91. The number of carbonyl (C=O) groups excluding carboxylic acids is 2. The molecular weight excluding hydrogens is 368 g/mol. The minimum absolute atomic E-state index is 0.0545. The zero-order valence-electron chi connectivity index (χ0n) is 14.3. The number of methoxy groups -OCH3 is 1. The van der Waals surface area contributed by atoms with Gasteiger partial charge in [0.25, 0.3) is 0 Å². The smallest absolute Gasteiger partial charge is 0.233 e. The molecule has 1 heterocycles. The molecule has 25 heavy (non-hydrogen) atoms. The number of amides is 2. The molecule has 9 heteroatoms. The largest absolute Gasteiger partial charge is 0.495 e. The predicted molar refractivity (Wildman–Crippen MR) is 95.8 cm³/mol. The van der Waals surface area contributed by atoms with E-state index in [-0.39, 0.29) is 24.0 Å². The van der Waals surface area contributed by atoms with Crippen LogP contribution in [0.2, 0.25) is 5.02 Å². The molecule has 0 aromatic heterocycles. The van der Waals surface area contributed by atoms with Crippen molar-refractivity contribution in [3.05, 3.63) is 22.7 Å². The molecule has 2 amide bonds. The summed E-state index contributed by atoms with van der Waals surface area (Å²) in [6.07, 6.45) is 0.0221. The van der Waals surface area contributed by atoms with Crippen LogP contribution in [0.1, 0.15) is 18.4 Å². The molecule has 1 aliphatic rings. The van der Waals surface area contributed by atoms with Crippen molar-refractivity contribution in [2.24, 2.45) is 0 Å². The van der Waals surface area contributed by atoms with Gasteiger partial charge in [-0.2, -0.15) is 0 Å². The summed E-state index contributed by atoms with van der Waals surface area (Å²) in [4.78, 5) is 25.7. The summed E-state index contributed by atoms with van der Waals surface area (Å²) in [5, 5.41) is 3.14. The van der Waals surface area contributed by atoms with E-state index in [9.17, 15) is 18.0 Å². The van der Waals surface area contributed by atoms with Crippen molar-refractivity contribution < 1.29 is 22.7 Å². The number of anilines is 1. The Labute approximate surface area is 152 Å². The molecule has 0 bridgehead atoms. The van der Waals surface area contributed by atoms with Gasteiger partial charge in [0.05, 0.1) is 24.3 Å². The highest BCUT2D eigenvalue weighted by Gasteiger charge is 2.33. The van der Waals surface area contributed by atoms with Crippen molar-refractivity contribution in [3.8, 4) is 5.75 Å². The van der Waals surface area contributed by atoms with Crippen LogP contribution in [0.3, 0.4) is 0 Å². The number of sulfone groups is 1. The van der Waals surface area contributed by atoms with E-state index < -0.39 is 21.7 Å². The predicted octanol–water partition coefficient (Wildman–Crippen LogP) is 1.63. The number of hydrogen-bond acceptors (Lipinski definition) is 5. The van der Waals surface area contributed by atoms with E-state index in [2.05, 4.69) is 5.32 Å². The minimum Gasteiger partial charge on any atom is -0.495 e. The average Bonchev–Trinajstić information content (AvgIpc) is 2.89. The normalized spacial score (nSPS) is 18.6. The highest BCUT2D eigenvalue weighted by Crippen LogP contribution is 2.31. The van der Waals surface area contributed by atoms with Crippen LogP contribution in [-0.2, 0) is 19.4 Å². The Balaban J connectivity index is 2.00. The Hall–Kier alpha value is -1.80. The van der Waals surface area contributed by atoms with Crippen molar-refractivity contribution in [1.29, 1.82) is 0 Å². The Morgan fingerprint density at radius 3 is 2.64 bits per heavy atom. The molecule has 1 N–H and O–H groups in total. The Bertz CT molecular complexity index is 794. The van der Waals surface area contributed by atoms with E-state index in [1.54, 1.807) is 19.1 Å². The first-order valence-corrected chi connectivity index (χ1v) is 9.93. The summed E-state index contributed by atoms with van der Waals surface area (Å²) in [6.45, 7) is 1.79. The van der Waals surface area contributed by atoms with Gasteiger partial charge in [0.15, 0.2) is 9.84 Å². The number of carbonyl (C=O) groups is 2. The molecule has 1 aliphatic heterocycles. The van der Waals surface area contributed by atoms with Gasteiger partial charge in [-0.05, 0) is 25.0 Å². The molecule has 1 aromatic carbocycles. The van der Waals surface area contributed by atoms with Gasteiger partial charge in [-0.25, -0.2) is 8.42 Å². The fourth-order valence-electron chi connectivity index (χ4n) is 2.67. The van der Waals surface area contributed by atoms with Crippen molar-refractivity contribution in [2.45, 2.75) is 25.8 Å². The van der Waals surface area contributed by atoms with Crippen molar-refractivity contribution in [3.63, 3.8) is 0 Å².